The quantitative estimate of drug-likeness (QED) is 0.788. The maximum absolute atomic E-state index is 11.8. The molecule has 7 heteroatoms. The highest BCUT2D eigenvalue weighted by Crippen LogP contribution is 2.42. The molecule has 1 aromatic heterocycles. The summed E-state index contributed by atoms with van der Waals surface area (Å²) in [4.78, 5) is 11.8. The van der Waals surface area contributed by atoms with Gasteiger partial charge in [-0.05, 0) is 18.3 Å². The van der Waals surface area contributed by atoms with Gasteiger partial charge in [0.2, 0.25) is 5.13 Å². The minimum Gasteiger partial charge on any atom is -0.394 e. The molecule has 1 fully saturated rings. The summed E-state index contributed by atoms with van der Waals surface area (Å²) in [5, 5.41) is 24.2. The van der Waals surface area contributed by atoms with Crippen LogP contribution in [-0.2, 0) is 0 Å². The first-order valence-electron chi connectivity index (χ1n) is 6.42. The Kier molecular flexibility index (Phi) is 4.05. The summed E-state index contributed by atoms with van der Waals surface area (Å²) < 4.78 is 0. The van der Waals surface area contributed by atoms with Crippen molar-refractivity contribution in [2.24, 2.45) is 5.41 Å². The number of aromatic nitrogens is 2. The molecule has 2 rings (SSSR count). The number of urea groups is 1. The van der Waals surface area contributed by atoms with Crippen LogP contribution >= 0.6 is 11.3 Å². The second-order valence-electron chi connectivity index (χ2n) is 5.92. The zero-order valence-electron chi connectivity index (χ0n) is 11.4. The predicted molar refractivity (Wildman–Crippen MR) is 74.4 cm³/mol. The Morgan fingerprint density at radius 3 is 2.68 bits per heavy atom. The second kappa shape index (κ2) is 5.42. The van der Waals surface area contributed by atoms with E-state index in [1.807, 2.05) is 20.8 Å². The van der Waals surface area contributed by atoms with Crippen LogP contribution in [0.4, 0.5) is 9.93 Å². The molecule has 0 unspecified atom stereocenters. The number of carbonyl (C=O) groups is 1. The number of hydrogen-bond acceptors (Lipinski definition) is 5. The van der Waals surface area contributed by atoms with Crippen LogP contribution in [0.25, 0.3) is 0 Å². The lowest BCUT2D eigenvalue weighted by Crippen LogP contribution is -2.47. The van der Waals surface area contributed by atoms with Crippen LogP contribution in [-0.4, -0.2) is 34.0 Å². The van der Waals surface area contributed by atoms with Crippen molar-refractivity contribution in [3.63, 3.8) is 0 Å². The fourth-order valence-corrected chi connectivity index (χ4v) is 2.52. The molecule has 2 amide bonds. The van der Waals surface area contributed by atoms with E-state index in [4.69, 9.17) is 0 Å². The van der Waals surface area contributed by atoms with Gasteiger partial charge in [-0.15, -0.1) is 10.2 Å². The van der Waals surface area contributed by atoms with Crippen molar-refractivity contribution in [3.05, 3.63) is 5.01 Å². The van der Waals surface area contributed by atoms with Crippen molar-refractivity contribution < 1.29 is 9.90 Å². The van der Waals surface area contributed by atoms with Gasteiger partial charge in [-0.2, -0.15) is 0 Å². The molecule has 0 aromatic carbocycles. The molecule has 1 aromatic rings. The molecular weight excluding hydrogens is 264 g/mol. The molecule has 6 nitrogen and oxygen atoms in total. The molecule has 3 N–H and O–H groups in total. The average Bonchev–Trinajstić information content (AvgIpc) is 3.06. The molecule has 0 bridgehead atoms. The number of hydrogen-bond donors (Lipinski definition) is 3. The Balaban J connectivity index is 1.89. The molecular formula is C12H20N4O2S. The van der Waals surface area contributed by atoms with Gasteiger partial charge in [-0.25, -0.2) is 4.79 Å². The summed E-state index contributed by atoms with van der Waals surface area (Å²) in [7, 11) is 0. The topological polar surface area (TPSA) is 87.1 Å². The molecule has 19 heavy (non-hydrogen) atoms. The van der Waals surface area contributed by atoms with E-state index >= 15 is 0 Å². The van der Waals surface area contributed by atoms with Crippen molar-refractivity contribution in [3.8, 4) is 0 Å². The second-order valence-corrected chi connectivity index (χ2v) is 6.93. The average molecular weight is 284 g/mol. The SMILES string of the molecule is CC(C)(C)[C@@H](CO)NC(=O)Nc1nnc(C2CC2)s1. The monoisotopic (exact) mass is 284 g/mol. The Labute approximate surface area is 116 Å². The van der Waals surface area contributed by atoms with Crippen molar-refractivity contribution in [1.29, 1.82) is 0 Å². The highest BCUT2D eigenvalue weighted by molar-refractivity contribution is 7.15. The molecule has 0 saturated heterocycles. The van der Waals surface area contributed by atoms with Crippen molar-refractivity contribution >= 4 is 22.5 Å². The van der Waals surface area contributed by atoms with Crippen LogP contribution in [0.1, 0.15) is 44.5 Å². The van der Waals surface area contributed by atoms with Crippen molar-refractivity contribution in [1.82, 2.24) is 15.5 Å². The standard InChI is InChI=1S/C12H20N4O2S/c1-12(2,3)8(6-17)13-10(18)14-11-16-15-9(19-11)7-4-5-7/h7-8,17H,4-6H2,1-3H3,(H2,13,14,16,18)/t8-/m1/s1. The lowest BCUT2D eigenvalue weighted by Gasteiger charge is -2.29. The number of carbonyl (C=O) groups excluding carboxylic acids is 1. The van der Waals surface area contributed by atoms with E-state index in [9.17, 15) is 9.90 Å². The smallest absolute Gasteiger partial charge is 0.321 e. The van der Waals surface area contributed by atoms with E-state index in [0.717, 1.165) is 17.8 Å². The lowest BCUT2D eigenvalue weighted by molar-refractivity contribution is 0.162. The maximum Gasteiger partial charge on any atom is 0.321 e. The van der Waals surface area contributed by atoms with Gasteiger partial charge in [0.1, 0.15) is 5.01 Å². The highest BCUT2D eigenvalue weighted by atomic mass is 32.1. The molecule has 1 atom stereocenters. The number of amides is 2. The third kappa shape index (κ3) is 3.87. The molecule has 106 valence electrons. The zero-order valence-corrected chi connectivity index (χ0v) is 12.3. The van der Waals surface area contributed by atoms with E-state index in [0.29, 0.717) is 11.0 Å². The normalized spacial score (nSPS) is 17.1. The molecule has 1 heterocycles. The van der Waals surface area contributed by atoms with Crippen molar-refractivity contribution in [2.45, 2.75) is 45.6 Å². The first-order valence-corrected chi connectivity index (χ1v) is 7.23. The molecule has 0 radical (unpaired) electrons. The number of aliphatic hydroxyl groups is 1. The minimum absolute atomic E-state index is 0.0969. The van der Waals surface area contributed by atoms with Gasteiger partial charge in [0.15, 0.2) is 0 Å². The number of aliphatic hydroxyl groups excluding tert-OH is 1. The fraction of sp³-hybridized carbons (Fsp3) is 0.750. The van der Waals surface area contributed by atoms with Gasteiger partial charge >= 0.3 is 6.03 Å². The Morgan fingerprint density at radius 1 is 1.47 bits per heavy atom. The van der Waals surface area contributed by atoms with Gasteiger partial charge in [0.25, 0.3) is 0 Å². The Morgan fingerprint density at radius 2 is 2.16 bits per heavy atom. The lowest BCUT2D eigenvalue weighted by atomic mass is 9.87. The molecule has 1 saturated carbocycles. The van der Waals surface area contributed by atoms with Crippen molar-refractivity contribution in [2.75, 3.05) is 11.9 Å². The summed E-state index contributed by atoms with van der Waals surface area (Å²) in [6.07, 6.45) is 2.33. The maximum atomic E-state index is 11.8. The first-order chi connectivity index (χ1) is 8.90. The van der Waals surface area contributed by atoms with E-state index in [1.54, 1.807) is 0 Å². The summed E-state index contributed by atoms with van der Waals surface area (Å²) in [5.74, 6) is 0.538. The number of nitrogens with one attached hydrogen (secondary N) is 2. The van der Waals surface area contributed by atoms with Gasteiger partial charge in [-0.1, -0.05) is 32.1 Å². The van der Waals surface area contributed by atoms with E-state index < -0.39 is 0 Å². The van der Waals surface area contributed by atoms with Gasteiger partial charge in [0.05, 0.1) is 12.6 Å². The van der Waals surface area contributed by atoms with Crippen LogP contribution in [0.3, 0.4) is 0 Å². The molecule has 0 aliphatic heterocycles. The van der Waals surface area contributed by atoms with Crippen LogP contribution < -0.4 is 10.6 Å². The largest absolute Gasteiger partial charge is 0.394 e. The van der Waals surface area contributed by atoms with Crippen LogP contribution in [0.15, 0.2) is 0 Å². The van der Waals surface area contributed by atoms with Crippen LogP contribution in [0.5, 0.6) is 0 Å². The first kappa shape index (κ1) is 14.2. The van der Waals surface area contributed by atoms with E-state index in [1.165, 1.54) is 11.3 Å². The number of rotatable bonds is 4. The zero-order chi connectivity index (χ0) is 14.0. The minimum atomic E-state index is -0.354. The summed E-state index contributed by atoms with van der Waals surface area (Å²) in [6.45, 7) is 5.79. The van der Waals surface area contributed by atoms with Crippen LogP contribution in [0.2, 0.25) is 0 Å². The Bertz CT molecular complexity index is 451. The van der Waals surface area contributed by atoms with E-state index in [-0.39, 0.29) is 24.1 Å². The fourth-order valence-electron chi connectivity index (χ4n) is 1.61. The van der Waals surface area contributed by atoms with Gasteiger partial charge in [0, 0.05) is 5.92 Å². The third-order valence-electron chi connectivity index (χ3n) is 3.12. The molecule has 1 aliphatic rings. The van der Waals surface area contributed by atoms with Crippen LogP contribution in [0, 0.1) is 5.41 Å². The predicted octanol–water partition coefficient (Wildman–Crippen LogP) is 1.94. The van der Waals surface area contributed by atoms with E-state index in [2.05, 4.69) is 20.8 Å². The molecule has 1 aliphatic carbocycles. The molecule has 0 spiro atoms. The Hall–Kier alpha value is -1.21. The van der Waals surface area contributed by atoms with Gasteiger partial charge in [-0.3, -0.25) is 5.32 Å². The summed E-state index contributed by atoms with van der Waals surface area (Å²) in [6, 6.07) is -0.657. The summed E-state index contributed by atoms with van der Waals surface area (Å²) in [5.41, 5.74) is -0.202. The van der Waals surface area contributed by atoms with Gasteiger partial charge < -0.3 is 10.4 Å². The number of nitrogens with zero attached hydrogens (tertiary/aromatic N) is 2. The number of anilines is 1. The third-order valence-corrected chi connectivity index (χ3v) is 4.12. The summed E-state index contributed by atoms with van der Waals surface area (Å²) >= 11 is 1.42. The highest BCUT2D eigenvalue weighted by Gasteiger charge is 2.28.